The van der Waals surface area contributed by atoms with Crippen LogP contribution in [0.3, 0.4) is 0 Å². The van der Waals surface area contributed by atoms with Gasteiger partial charge in [0.2, 0.25) is 0 Å². The summed E-state index contributed by atoms with van der Waals surface area (Å²) in [7, 11) is 0. The number of carboxylic acids is 1. The molecule has 0 aliphatic heterocycles. The van der Waals surface area contributed by atoms with Crippen LogP contribution in [-0.2, 0) is 14.9 Å². The fourth-order valence-corrected chi connectivity index (χ4v) is 1.58. The molecule has 4 nitrogen and oxygen atoms in total. The molecule has 17 heavy (non-hydrogen) atoms. The van der Waals surface area contributed by atoms with Crippen LogP contribution in [0.15, 0.2) is 24.3 Å². The van der Waals surface area contributed by atoms with Crippen LogP contribution in [0.1, 0.15) is 12.5 Å². The maximum Gasteiger partial charge on any atom is 0.317 e. The number of nitrogens with two attached hydrogens (primary N) is 1. The van der Waals surface area contributed by atoms with Gasteiger partial charge >= 0.3 is 5.97 Å². The lowest BCUT2D eigenvalue weighted by Crippen LogP contribution is -2.47. The van der Waals surface area contributed by atoms with Crippen LogP contribution in [0.4, 0.5) is 4.39 Å². The van der Waals surface area contributed by atoms with Gasteiger partial charge in [-0.2, -0.15) is 0 Å². The fourth-order valence-electron chi connectivity index (χ4n) is 1.58. The number of aliphatic carboxylic acids is 1. The molecule has 94 valence electrons. The minimum absolute atomic E-state index is 0.0268. The normalized spacial score (nSPS) is 14.3. The fraction of sp³-hybridized carbons (Fsp3) is 0.417. The first-order valence-electron chi connectivity index (χ1n) is 5.34. The van der Waals surface area contributed by atoms with Crippen LogP contribution in [0.2, 0.25) is 0 Å². The van der Waals surface area contributed by atoms with Crippen LogP contribution in [0, 0.1) is 5.82 Å². The van der Waals surface area contributed by atoms with Gasteiger partial charge in [-0.3, -0.25) is 4.79 Å². The molecule has 1 rings (SSSR count). The van der Waals surface area contributed by atoms with Gasteiger partial charge in [-0.25, -0.2) is 4.39 Å². The molecule has 0 aliphatic rings. The summed E-state index contributed by atoms with van der Waals surface area (Å²) in [6.45, 7) is 2.04. The number of carboxylic acid groups (broad SMARTS) is 1. The molecule has 0 bridgehead atoms. The monoisotopic (exact) mass is 241 g/mol. The first-order valence-corrected chi connectivity index (χ1v) is 5.34. The SMILES string of the molecule is CCOCC(CN)(C(=O)O)c1ccc(F)cc1. The third-order valence-corrected chi connectivity index (χ3v) is 2.71. The number of halogens is 1. The summed E-state index contributed by atoms with van der Waals surface area (Å²) in [5.74, 6) is -1.48. The zero-order chi connectivity index (χ0) is 12.9. The van der Waals surface area contributed by atoms with E-state index in [1.54, 1.807) is 6.92 Å². The molecule has 0 radical (unpaired) electrons. The molecule has 0 saturated heterocycles. The van der Waals surface area contributed by atoms with E-state index in [0.29, 0.717) is 12.2 Å². The zero-order valence-corrected chi connectivity index (χ0v) is 9.65. The van der Waals surface area contributed by atoms with E-state index in [9.17, 15) is 14.3 Å². The number of ether oxygens (including phenoxy) is 1. The minimum Gasteiger partial charge on any atom is -0.480 e. The van der Waals surface area contributed by atoms with Crippen LogP contribution < -0.4 is 5.73 Å². The number of benzene rings is 1. The summed E-state index contributed by atoms with van der Waals surface area (Å²) < 4.78 is 18.0. The molecule has 1 atom stereocenters. The Balaban J connectivity index is 3.12. The van der Waals surface area contributed by atoms with Crippen molar-refractivity contribution in [2.24, 2.45) is 5.73 Å². The molecule has 0 saturated carbocycles. The third kappa shape index (κ3) is 2.81. The van der Waals surface area contributed by atoms with Gasteiger partial charge in [0, 0.05) is 13.2 Å². The first kappa shape index (κ1) is 13.6. The second-order valence-corrected chi connectivity index (χ2v) is 3.74. The third-order valence-electron chi connectivity index (χ3n) is 2.71. The standard InChI is InChI=1S/C12H16FNO3/c1-2-17-8-12(7-14,11(15)16)9-3-5-10(13)6-4-9/h3-6H,2,7-8,14H2,1H3,(H,15,16). The van der Waals surface area contributed by atoms with Gasteiger partial charge in [0.1, 0.15) is 11.2 Å². The van der Waals surface area contributed by atoms with Gasteiger partial charge in [0.05, 0.1) is 6.61 Å². The Labute approximate surface area is 99.2 Å². The maximum atomic E-state index is 12.8. The van der Waals surface area contributed by atoms with Crippen LogP contribution >= 0.6 is 0 Å². The Kier molecular flexibility index (Phi) is 4.60. The Hall–Kier alpha value is -1.46. The Morgan fingerprint density at radius 2 is 2.06 bits per heavy atom. The largest absolute Gasteiger partial charge is 0.480 e. The molecular weight excluding hydrogens is 225 g/mol. The summed E-state index contributed by atoms with van der Waals surface area (Å²) >= 11 is 0. The quantitative estimate of drug-likeness (QED) is 0.783. The number of carbonyl (C=O) groups is 1. The smallest absolute Gasteiger partial charge is 0.317 e. The zero-order valence-electron chi connectivity index (χ0n) is 9.65. The predicted octanol–water partition coefficient (Wildman–Crippen LogP) is 1.14. The van der Waals surface area contributed by atoms with Gasteiger partial charge in [0.25, 0.3) is 0 Å². The summed E-state index contributed by atoms with van der Waals surface area (Å²) in [5.41, 5.74) is 4.70. The summed E-state index contributed by atoms with van der Waals surface area (Å²) in [6, 6.07) is 5.29. The average Bonchev–Trinajstić information content (AvgIpc) is 2.32. The van der Waals surface area contributed by atoms with Crippen molar-refractivity contribution in [1.82, 2.24) is 0 Å². The molecule has 1 aromatic carbocycles. The van der Waals surface area contributed by atoms with Gasteiger partial charge in [-0.05, 0) is 24.6 Å². The second-order valence-electron chi connectivity index (χ2n) is 3.74. The molecule has 0 heterocycles. The van der Waals surface area contributed by atoms with Crippen molar-refractivity contribution in [1.29, 1.82) is 0 Å². The molecule has 0 aliphatic carbocycles. The first-order chi connectivity index (χ1) is 8.06. The highest BCUT2D eigenvalue weighted by atomic mass is 19.1. The molecule has 1 aromatic rings. The summed E-state index contributed by atoms with van der Waals surface area (Å²) in [5, 5.41) is 9.32. The van der Waals surface area contributed by atoms with E-state index >= 15 is 0 Å². The lowest BCUT2D eigenvalue weighted by Gasteiger charge is -2.28. The minimum atomic E-state index is -1.32. The van der Waals surface area contributed by atoms with E-state index in [-0.39, 0.29) is 13.2 Å². The lowest BCUT2D eigenvalue weighted by molar-refractivity contribution is -0.146. The van der Waals surface area contributed by atoms with Gasteiger partial charge in [-0.1, -0.05) is 12.1 Å². The van der Waals surface area contributed by atoms with E-state index in [1.165, 1.54) is 24.3 Å². The summed E-state index contributed by atoms with van der Waals surface area (Å²) in [6.07, 6.45) is 0. The van der Waals surface area contributed by atoms with Gasteiger partial charge in [0.15, 0.2) is 0 Å². The van der Waals surface area contributed by atoms with Crippen molar-refractivity contribution < 1.29 is 19.0 Å². The van der Waals surface area contributed by atoms with Gasteiger partial charge < -0.3 is 15.6 Å². The Morgan fingerprint density at radius 3 is 2.47 bits per heavy atom. The number of rotatable bonds is 6. The molecule has 0 spiro atoms. The topological polar surface area (TPSA) is 72.5 Å². The van der Waals surface area contributed by atoms with Crippen molar-refractivity contribution in [3.8, 4) is 0 Å². The average molecular weight is 241 g/mol. The highest BCUT2D eigenvalue weighted by molar-refractivity contribution is 5.82. The molecule has 3 N–H and O–H groups in total. The van der Waals surface area contributed by atoms with E-state index in [0.717, 1.165) is 0 Å². The van der Waals surface area contributed by atoms with Gasteiger partial charge in [-0.15, -0.1) is 0 Å². The van der Waals surface area contributed by atoms with E-state index in [2.05, 4.69) is 0 Å². The van der Waals surface area contributed by atoms with Crippen molar-refractivity contribution in [2.75, 3.05) is 19.8 Å². The highest BCUT2D eigenvalue weighted by Crippen LogP contribution is 2.24. The number of hydrogen-bond donors (Lipinski definition) is 2. The van der Waals surface area contributed by atoms with E-state index < -0.39 is 17.2 Å². The maximum absolute atomic E-state index is 12.8. The molecule has 1 unspecified atom stereocenters. The highest BCUT2D eigenvalue weighted by Gasteiger charge is 2.39. The van der Waals surface area contributed by atoms with E-state index in [4.69, 9.17) is 10.5 Å². The van der Waals surface area contributed by atoms with Crippen molar-refractivity contribution in [2.45, 2.75) is 12.3 Å². The Morgan fingerprint density at radius 1 is 1.47 bits per heavy atom. The molecule has 5 heteroatoms. The Bertz CT molecular complexity index is 380. The van der Waals surface area contributed by atoms with Crippen LogP contribution in [-0.4, -0.2) is 30.8 Å². The second kappa shape index (κ2) is 5.75. The van der Waals surface area contributed by atoms with Crippen molar-refractivity contribution in [3.63, 3.8) is 0 Å². The summed E-state index contributed by atoms with van der Waals surface area (Å²) in [4.78, 5) is 11.4. The molecule has 0 amide bonds. The number of hydrogen-bond acceptors (Lipinski definition) is 3. The van der Waals surface area contributed by atoms with Crippen LogP contribution in [0.25, 0.3) is 0 Å². The van der Waals surface area contributed by atoms with E-state index in [1.807, 2.05) is 0 Å². The van der Waals surface area contributed by atoms with Crippen molar-refractivity contribution >= 4 is 5.97 Å². The molecular formula is C12H16FNO3. The lowest BCUT2D eigenvalue weighted by atomic mass is 9.81. The van der Waals surface area contributed by atoms with Crippen molar-refractivity contribution in [3.05, 3.63) is 35.6 Å². The molecule has 0 aromatic heterocycles. The predicted molar refractivity (Wildman–Crippen MR) is 61.3 cm³/mol. The van der Waals surface area contributed by atoms with Crippen LogP contribution in [0.5, 0.6) is 0 Å². The molecule has 0 fully saturated rings.